The van der Waals surface area contributed by atoms with Crippen LogP contribution >= 0.6 is 0 Å². The predicted octanol–water partition coefficient (Wildman–Crippen LogP) is 4.76. The highest BCUT2D eigenvalue weighted by Crippen LogP contribution is 2.37. The van der Waals surface area contributed by atoms with Gasteiger partial charge in [0.15, 0.2) is 0 Å². The van der Waals surface area contributed by atoms with Crippen molar-refractivity contribution in [2.45, 2.75) is 45.6 Å². The van der Waals surface area contributed by atoms with Crippen molar-refractivity contribution >= 4 is 5.91 Å². The lowest BCUT2D eigenvalue weighted by molar-refractivity contribution is -0.137. The van der Waals surface area contributed by atoms with Crippen LogP contribution < -0.4 is 10.1 Å². The minimum atomic E-state index is -0.480. The lowest BCUT2D eigenvalue weighted by Crippen LogP contribution is -2.48. The van der Waals surface area contributed by atoms with Gasteiger partial charge < -0.3 is 14.8 Å². The molecule has 3 rings (SSSR count). The second-order valence-electron chi connectivity index (χ2n) is 7.90. The predicted molar refractivity (Wildman–Crippen MR) is 112 cm³/mol. The fourth-order valence-electron chi connectivity index (χ4n) is 3.87. The Balaban J connectivity index is 1.91. The van der Waals surface area contributed by atoms with Gasteiger partial charge in [-0.05, 0) is 61.9 Å². The molecule has 0 saturated carbocycles. The van der Waals surface area contributed by atoms with Crippen molar-refractivity contribution in [3.8, 4) is 16.9 Å². The second-order valence-corrected chi connectivity index (χ2v) is 7.90. The first kappa shape index (κ1) is 21.3. The first-order chi connectivity index (χ1) is 14.0. The molecule has 1 fully saturated rings. The van der Waals surface area contributed by atoms with E-state index in [0.29, 0.717) is 43.8 Å². The van der Waals surface area contributed by atoms with E-state index in [4.69, 9.17) is 9.47 Å². The lowest BCUT2D eigenvalue weighted by atomic mass is 9.74. The summed E-state index contributed by atoms with van der Waals surface area (Å²) in [7, 11) is 1.58. The van der Waals surface area contributed by atoms with Crippen LogP contribution in [0.15, 0.2) is 42.5 Å². The number of nitrogens with one attached hydrogen (secondary N) is 1. The molecule has 0 radical (unpaired) electrons. The molecule has 4 nitrogen and oxygen atoms in total. The van der Waals surface area contributed by atoms with Crippen molar-refractivity contribution in [2.75, 3.05) is 20.3 Å². The molecule has 0 spiro atoms. The van der Waals surface area contributed by atoms with Crippen LogP contribution in [-0.2, 0) is 16.0 Å². The summed E-state index contributed by atoms with van der Waals surface area (Å²) in [4.78, 5) is 13.2. The topological polar surface area (TPSA) is 47.6 Å². The summed E-state index contributed by atoms with van der Waals surface area (Å²) in [5.74, 6) is 0.419. The third-order valence-corrected chi connectivity index (χ3v) is 5.86. The average Bonchev–Trinajstić information content (AvgIpc) is 2.74. The van der Waals surface area contributed by atoms with E-state index < -0.39 is 5.41 Å². The summed E-state index contributed by atoms with van der Waals surface area (Å²) >= 11 is 0. The number of amides is 1. The van der Waals surface area contributed by atoms with E-state index in [1.807, 2.05) is 31.2 Å². The zero-order chi connectivity index (χ0) is 20.9. The third kappa shape index (κ3) is 4.96. The molecule has 0 aliphatic carbocycles. The molecule has 29 heavy (non-hydrogen) atoms. The summed E-state index contributed by atoms with van der Waals surface area (Å²) in [6.07, 6.45) is 2.92. The van der Waals surface area contributed by atoms with Gasteiger partial charge in [0.05, 0.1) is 12.5 Å². The molecule has 2 aromatic carbocycles. The van der Waals surface area contributed by atoms with Gasteiger partial charge in [-0.1, -0.05) is 31.2 Å². The minimum Gasteiger partial charge on any atom is -0.496 e. The summed E-state index contributed by atoms with van der Waals surface area (Å²) in [5.41, 5.74) is 2.16. The van der Waals surface area contributed by atoms with Crippen molar-refractivity contribution in [3.63, 3.8) is 0 Å². The van der Waals surface area contributed by atoms with Gasteiger partial charge in [0, 0.05) is 24.8 Å². The van der Waals surface area contributed by atoms with E-state index >= 15 is 0 Å². The van der Waals surface area contributed by atoms with Gasteiger partial charge in [-0.2, -0.15) is 0 Å². The molecule has 1 N–H and O–H groups in total. The molecule has 5 heteroatoms. The van der Waals surface area contributed by atoms with Crippen molar-refractivity contribution in [2.24, 2.45) is 5.41 Å². The molecule has 1 aliphatic rings. The molecule has 1 unspecified atom stereocenters. The van der Waals surface area contributed by atoms with Crippen molar-refractivity contribution < 1.29 is 18.7 Å². The normalized spacial score (nSPS) is 16.8. The number of halogens is 1. The largest absolute Gasteiger partial charge is 0.496 e. The molecule has 2 aromatic rings. The van der Waals surface area contributed by atoms with Crippen LogP contribution in [0.5, 0.6) is 5.75 Å². The maximum absolute atomic E-state index is 13.8. The van der Waals surface area contributed by atoms with Crippen LogP contribution in [0.2, 0.25) is 0 Å². The number of hydrogen-bond donors (Lipinski definition) is 1. The fourth-order valence-corrected chi connectivity index (χ4v) is 3.87. The first-order valence-electron chi connectivity index (χ1n) is 10.3. The standard InChI is InChI=1S/C24H30FNO3/c1-4-17(2)26-23(27)24(10-12-29-13-11-24)16-18-6-5-7-19(14-18)21-15-20(25)8-9-22(21)28-3/h5-9,14-15,17H,4,10-13,16H2,1-3H3,(H,26,27). The molecule has 156 valence electrons. The van der Waals surface area contributed by atoms with E-state index in [1.165, 1.54) is 12.1 Å². The van der Waals surface area contributed by atoms with Crippen molar-refractivity contribution in [1.82, 2.24) is 5.32 Å². The van der Waals surface area contributed by atoms with Gasteiger partial charge in [-0.25, -0.2) is 4.39 Å². The Morgan fingerprint density at radius 2 is 2.00 bits per heavy atom. The molecule has 0 aromatic heterocycles. The Labute approximate surface area is 172 Å². The van der Waals surface area contributed by atoms with Crippen LogP contribution in [0.1, 0.15) is 38.7 Å². The van der Waals surface area contributed by atoms with E-state index in [1.54, 1.807) is 13.2 Å². The van der Waals surface area contributed by atoms with Gasteiger partial charge in [0.2, 0.25) is 5.91 Å². The quantitative estimate of drug-likeness (QED) is 0.731. The summed E-state index contributed by atoms with van der Waals surface area (Å²) in [6, 6.07) is 12.6. The molecule has 0 bridgehead atoms. The zero-order valence-corrected chi connectivity index (χ0v) is 17.5. The fraction of sp³-hybridized carbons (Fsp3) is 0.458. The Hall–Kier alpha value is -2.40. The molecule has 1 heterocycles. The van der Waals surface area contributed by atoms with Gasteiger partial charge in [0.25, 0.3) is 0 Å². The van der Waals surface area contributed by atoms with E-state index in [2.05, 4.69) is 12.2 Å². The van der Waals surface area contributed by atoms with E-state index in [9.17, 15) is 9.18 Å². The SMILES string of the molecule is CCC(C)NC(=O)C1(Cc2cccc(-c3cc(F)ccc3OC)c2)CCOCC1. The van der Waals surface area contributed by atoms with Crippen molar-refractivity contribution in [3.05, 3.63) is 53.8 Å². The van der Waals surface area contributed by atoms with Gasteiger partial charge >= 0.3 is 0 Å². The highest BCUT2D eigenvalue weighted by Gasteiger charge is 2.40. The van der Waals surface area contributed by atoms with Gasteiger partial charge in [-0.15, -0.1) is 0 Å². The maximum Gasteiger partial charge on any atom is 0.226 e. The number of methoxy groups -OCH3 is 1. The molecular formula is C24H30FNO3. The highest BCUT2D eigenvalue weighted by molar-refractivity contribution is 5.83. The third-order valence-electron chi connectivity index (χ3n) is 5.86. The molecule has 1 amide bonds. The van der Waals surface area contributed by atoms with Crippen LogP contribution in [0, 0.1) is 11.2 Å². The van der Waals surface area contributed by atoms with Crippen molar-refractivity contribution in [1.29, 1.82) is 0 Å². The van der Waals surface area contributed by atoms with Gasteiger partial charge in [-0.3, -0.25) is 4.79 Å². The number of carbonyl (C=O) groups is 1. The molecule has 1 saturated heterocycles. The maximum atomic E-state index is 13.8. The smallest absolute Gasteiger partial charge is 0.226 e. The number of benzene rings is 2. The first-order valence-corrected chi connectivity index (χ1v) is 10.3. The molecule has 1 aliphatic heterocycles. The summed E-state index contributed by atoms with van der Waals surface area (Å²) < 4.78 is 24.8. The van der Waals surface area contributed by atoms with Gasteiger partial charge in [0.1, 0.15) is 11.6 Å². The number of ether oxygens (including phenoxy) is 2. The average molecular weight is 400 g/mol. The molecule has 1 atom stereocenters. The Kier molecular flexibility index (Phi) is 6.91. The monoisotopic (exact) mass is 399 g/mol. The summed E-state index contributed by atoms with van der Waals surface area (Å²) in [6.45, 7) is 5.27. The Morgan fingerprint density at radius 3 is 2.69 bits per heavy atom. The van der Waals surface area contributed by atoms with E-state index in [0.717, 1.165) is 17.5 Å². The summed E-state index contributed by atoms with van der Waals surface area (Å²) in [5, 5.41) is 3.17. The number of carbonyl (C=O) groups excluding carboxylic acids is 1. The van der Waals surface area contributed by atoms with Crippen LogP contribution in [0.4, 0.5) is 4.39 Å². The second kappa shape index (κ2) is 9.40. The number of hydrogen-bond acceptors (Lipinski definition) is 3. The Morgan fingerprint density at radius 1 is 1.24 bits per heavy atom. The number of rotatable bonds is 7. The Bertz CT molecular complexity index is 846. The zero-order valence-electron chi connectivity index (χ0n) is 17.5. The van der Waals surface area contributed by atoms with E-state index in [-0.39, 0.29) is 17.8 Å². The van der Waals surface area contributed by atoms with Crippen LogP contribution in [0.3, 0.4) is 0 Å². The lowest BCUT2D eigenvalue weighted by Gasteiger charge is -2.37. The molecular weight excluding hydrogens is 369 g/mol. The van der Waals surface area contributed by atoms with Crippen LogP contribution in [0.25, 0.3) is 11.1 Å². The van der Waals surface area contributed by atoms with Crippen LogP contribution in [-0.4, -0.2) is 32.3 Å². The minimum absolute atomic E-state index is 0.101. The highest BCUT2D eigenvalue weighted by atomic mass is 19.1.